The summed E-state index contributed by atoms with van der Waals surface area (Å²) in [4.78, 5) is 12.0. The average molecular weight is 369 g/mol. The molecule has 140 valence electrons. The largest absolute Gasteiger partial charge is 0.444 e. The molecule has 0 saturated heterocycles. The predicted molar refractivity (Wildman–Crippen MR) is 94.8 cm³/mol. The summed E-state index contributed by atoms with van der Waals surface area (Å²) in [7, 11) is -3.74. The van der Waals surface area contributed by atoms with E-state index in [0.29, 0.717) is 6.42 Å². The van der Waals surface area contributed by atoms with Gasteiger partial charge < -0.3 is 10.1 Å². The second kappa shape index (κ2) is 7.74. The maximum atomic E-state index is 12.2. The topological polar surface area (TPSA) is 81.7 Å². The van der Waals surface area contributed by atoms with Crippen LogP contribution >= 0.6 is 0 Å². The highest BCUT2D eigenvalue weighted by Crippen LogP contribution is 2.27. The molecule has 0 spiro atoms. The minimum atomic E-state index is -3.74. The molecule has 7 heteroatoms. The van der Waals surface area contributed by atoms with Crippen molar-refractivity contribution in [2.45, 2.75) is 63.5 Å². The Morgan fingerprint density at radius 3 is 2.44 bits per heavy atom. The van der Waals surface area contributed by atoms with Crippen molar-refractivity contribution in [1.82, 2.24) is 5.32 Å². The molecular formula is C18H27NO5S. The summed E-state index contributed by atoms with van der Waals surface area (Å²) in [5.74, 6) is 0.0974. The summed E-state index contributed by atoms with van der Waals surface area (Å²) < 4.78 is 34.8. The quantitative estimate of drug-likeness (QED) is 0.805. The first kappa shape index (κ1) is 19.7. The molecule has 6 nitrogen and oxygen atoms in total. The van der Waals surface area contributed by atoms with E-state index >= 15 is 0 Å². The Labute approximate surface area is 150 Å². The lowest BCUT2D eigenvalue weighted by atomic mass is 10.1. The van der Waals surface area contributed by atoms with Crippen LogP contribution in [-0.2, 0) is 19.0 Å². The number of alkyl carbamates (subject to hydrolysis) is 1. The third-order valence-electron chi connectivity index (χ3n) is 4.03. The maximum absolute atomic E-state index is 12.2. The number of amides is 1. The molecule has 1 amide bonds. The van der Waals surface area contributed by atoms with Crippen LogP contribution in [0.3, 0.4) is 0 Å². The highest BCUT2D eigenvalue weighted by atomic mass is 32.2. The summed E-state index contributed by atoms with van der Waals surface area (Å²) in [6.45, 7) is 7.46. The SMILES string of the molecule is Cc1ccc(S(=O)(=O)OC[C@@H]2CC[C@H](NC(=O)OC(C)(C)C)C2)cc1. The van der Waals surface area contributed by atoms with Gasteiger partial charge in [0.2, 0.25) is 0 Å². The Morgan fingerprint density at radius 2 is 1.84 bits per heavy atom. The van der Waals surface area contributed by atoms with Crippen LogP contribution in [0.1, 0.15) is 45.6 Å². The minimum absolute atomic E-state index is 0.00877. The van der Waals surface area contributed by atoms with Gasteiger partial charge in [0.15, 0.2) is 0 Å². The molecular weight excluding hydrogens is 342 g/mol. The normalized spacial score (nSPS) is 21.1. The van der Waals surface area contributed by atoms with Gasteiger partial charge in [-0.25, -0.2) is 4.79 Å². The van der Waals surface area contributed by atoms with Crippen molar-refractivity contribution in [2.75, 3.05) is 6.61 Å². The van der Waals surface area contributed by atoms with Crippen LogP contribution in [0.25, 0.3) is 0 Å². The summed E-state index contributed by atoms with van der Waals surface area (Å²) >= 11 is 0. The molecule has 1 aromatic rings. The number of benzene rings is 1. The van der Waals surface area contributed by atoms with Crippen molar-refractivity contribution < 1.29 is 22.1 Å². The van der Waals surface area contributed by atoms with Crippen molar-refractivity contribution in [3.8, 4) is 0 Å². The molecule has 25 heavy (non-hydrogen) atoms. The van der Waals surface area contributed by atoms with Gasteiger partial charge in [0.05, 0.1) is 11.5 Å². The van der Waals surface area contributed by atoms with Crippen molar-refractivity contribution in [2.24, 2.45) is 5.92 Å². The highest BCUT2D eigenvalue weighted by Gasteiger charge is 2.29. The Kier molecular flexibility index (Phi) is 6.11. The molecule has 0 radical (unpaired) electrons. The minimum Gasteiger partial charge on any atom is -0.444 e. The lowest BCUT2D eigenvalue weighted by Gasteiger charge is -2.21. The molecule has 0 bridgehead atoms. The predicted octanol–water partition coefficient (Wildman–Crippen LogP) is 3.39. The van der Waals surface area contributed by atoms with Crippen LogP contribution in [0, 0.1) is 12.8 Å². The first-order valence-corrected chi connectivity index (χ1v) is 9.91. The Bertz CT molecular complexity index is 691. The summed E-state index contributed by atoms with van der Waals surface area (Å²) in [5, 5.41) is 2.83. The number of carbonyl (C=O) groups is 1. The fraction of sp³-hybridized carbons (Fsp3) is 0.611. The average Bonchev–Trinajstić information content (AvgIpc) is 2.91. The van der Waals surface area contributed by atoms with E-state index in [4.69, 9.17) is 8.92 Å². The monoisotopic (exact) mass is 369 g/mol. The zero-order valence-electron chi connectivity index (χ0n) is 15.2. The first-order valence-electron chi connectivity index (χ1n) is 8.51. The van der Waals surface area contributed by atoms with Crippen molar-refractivity contribution in [3.05, 3.63) is 29.8 Å². The molecule has 2 atom stereocenters. The van der Waals surface area contributed by atoms with E-state index in [1.54, 1.807) is 24.3 Å². The van der Waals surface area contributed by atoms with E-state index in [0.717, 1.165) is 18.4 Å². The summed E-state index contributed by atoms with van der Waals surface area (Å²) in [6, 6.07) is 6.57. The number of carbonyl (C=O) groups excluding carboxylic acids is 1. The van der Waals surface area contributed by atoms with Crippen molar-refractivity contribution in [3.63, 3.8) is 0 Å². The number of hydrogen-bond acceptors (Lipinski definition) is 5. The number of nitrogens with one attached hydrogen (secondary N) is 1. The van der Waals surface area contributed by atoms with E-state index in [-0.39, 0.29) is 23.5 Å². The van der Waals surface area contributed by atoms with E-state index in [1.165, 1.54) is 0 Å². The van der Waals surface area contributed by atoms with Gasteiger partial charge >= 0.3 is 6.09 Å². The third-order valence-corrected chi connectivity index (χ3v) is 5.33. The summed E-state index contributed by atoms with van der Waals surface area (Å²) in [6.07, 6.45) is 1.84. The van der Waals surface area contributed by atoms with Gasteiger partial charge in [-0.05, 0) is 65.0 Å². The Morgan fingerprint density at radius 1 is 1.20 bits per heavy atom. The van der Waals surface area contributed by atoms with Crippen LogP contribution in [0.4, 0.5) is 4.79 Å². The molecule has 1 aliphatic carbocycles. The first-order chi connectivity index (χ1) is 11.5. The van der Waals surface area contributed by atoms with Gasteiger partial charge in [0.1, 0.15) is 5.60 Å². The van der Waals surface area contributed by atoms with Gasteiger partial charge in [-0.2, -0.15) is 8.42 Å². The van der Waals surface area contributed by atoms with Crippen molar-refractivity contribution in [1.29, 1.82) is 0 Å². The highest BCUT2D eigenvalue weighted by molar-refractivity contribution is 7.86. The molecule has 1 fully saturated rings. The van der Waals surface area contributed by atoms with E-state index in [1.807, 2.05) is 27.7 Å². The van der Waals surface area contributed by atoms with Crippen LogP contribution in [0.2, 0.25) is 0 Å². The molecule has 0 heterocycles. The van der Waals surface area contributed by atoms with Crippen molar-refractivity contribution >= 4 is 16.2 Å². The molecule has 0 unspecified atom stereocenters. The maximum Gasteiger partial charge on any atom is 0.407 e. The van der Waals surface area contributed by atoms with Crippen LogP contribution in [0.5, 0.6) is 0 Å². The summed E-state index contributed by atoms with van der Waals surface area (Å²) in [5.41, 5.74) is 0.457. The molecule has 0 aromatic heterocycles. The van der Waals surface area contributed by atoms with Gasteiger partial charge in [0, 0.05) is 6.04 Å². The second-order valence-electron chi connectivity index (χ2n) is 7.57. The third kappa shape index (κ3) is 6.32. The molecule has 0 aliphatic heterocycles. The van der Waals surface area contributed by atoms with E-state index in [2.05, 4.69) is 5.32 Å². The fourth-order valence-electron chi connectivity index (χ4n) is 2.79. The van der Waals surface area contributed by atoms with Gasteiger partial charge in [-0.1, -0.05) is 17.7 Å². The molecule has 1 saturated carbocycles. The van der Waals surface area contributed by atoms with Gasteiger partial charge in [0.25, 0.3) is 10.1 Å². The second-order valence-corrected chi connectivity index (χ2v) is 9.19. The number of rotatable bonds is 5. The van der Waals surface area contributed by atoms with Crippen LogP contribution in [-0.4, -0.2) is 32.8 Å². The number of aryl methyl sites for hydroxylation is 1. The number of ether oxygens (including phenoxy) is 1. The molecule has 1 N–H and O–H groups in total. The molecule has 1 aromatic carbocycles. The lowest BCUT2D eigenvalue weighted by Crippen LogP contribution is -2.38. The van der Waals surface area contributed by atoms with Crippen LogP contribution in [0.15, 0.2) is 29.2 Å². The standard InChI is InChI=1S/C18H27NO5S/c1-13-5-9-16(10-6-13)25(21,22)23-12-14-7-8-15(11-14)19-17(20)24-18(2,3)4/h5-6,9-10,14-15H,7-8,11-12H2,1-4H3,(H,19,20)/t14-,15+/m1/s1. The van der Waals surface area contributed by atoms with Gasteiger partial charge in [-0.15, -0.1) is 0 Å². The lowest BCUT2D eigenvalue weighted by molar-refractivity contribution is 0.0503. The van der Waals surface area contributed by atoms with Gasteiger partial charge in [-0.3, -0.25) is 4.18 Å². The van der Waals surface area contributed by atoms with E-state index < -0.39 is 21.8 Å². The molecule has 2 rings (SSSR count). The smallest absolute Gasteiger partial charge is 0.407 e. The zero-order valence-corrected chi connectivity index (χ0v) is 16.1. The van der Waals surface area contributed by atoms with Crippen LogP contribution < -0.4 is 5.32 Å². The Balaban J connectivity index is 1.81. The zero-order chi connectivity index (χ0) is 18.7. The van der Waals surface area contributed by atoms with E-state index in [9.17, 15) is 13.2 Å². The fourth-order valence-corrected chi connectivity index (χ4v) is 3.77. The molecule has 1 aliphatic rings. The Hall–Kier alpha value is -1.60. The number of hydrogen-bond donors (Lipinski definition) is 1.